The van der Waals surface area contributed by atoms with Crippen molar-refractivity contribution in [3.05, 3.63) is 41.7 Å². The Labute approximate surface area is 110 Å². The van der Waals surface area contributed by atoms with Gasteiger partial charge in [0, 0.05) is 18.0 Å². The van der Waals surface area contributed by atoms with Gasteiger partial charge in [-0.2, -0.15) is 0 Å². The predicted molar refractivity (Wildman–Crippen MR) is 68.0 cm³/mol. The monoisotopic (exact) mass is 261 g/mol. The van der Waals surface area contributed by atoms with Crippen LogP contribution in [0, 0.1) is 0 Å². The molecule has 0 atom stereocenters. The van der Waals surface area contributed by atoms with E-state index in [1.54, 1.807) is 13.0 Å². The minimum Gasteiger partial charge on any atom is -0.462 e. The molecular formula is C14H15NO4. The normalized spacial score (nSPS) is 16.1. The average Bonchev–Trinajstić information content (AvgIpc) is 3.07. The number of fused-ring (bicyclic) bond motifs is 1. The smallest absolute Gasteiger partial charge is 0.340 e. The molecule has 3 rings (SSSR count). The van der Waals surface area contributed by atoms with Crippen LogP contribution in [0.1, 0.15) is 29.1 Å². The van der Waals surface area contributed by atoms with E-state index in [0.717, 1.165) is 11.1 Å². The fourth-order valence-corrected chi connectivity index (χ4v) is 2.19. The maximum atomic E-state index is 11.9. The van der Waals surface area contributed by atoms with Crippen molar-refractivity contribution in [1.82, 2.24) is 4.40 Å². The van der Waals surface area contributed by atoms with Crippen molar-refractivity contribution >= 4 is 11.5 Å². The molecule has 1 aliphatic rings. The third-order valence-electron chi connectivity index (χ3n) is 3.08. The van der Waals surface area contributed by atoms with E-state index in [2.05, 4.69) is 0 Å². The molecule has 1 saturated heterocycles. The van der Waals surface area contributed by atoms with E-state index in [-0.39, 0.29) is 12.3 Å². The van der Waals surface area contributed by atoms with Crippen LogP contribution < -0.4 is 0 Å². The maximum absolute atomic E-state index is 11.9. The van der Waals surface area contributed by atoms with Crippen LogP contribution in [0.3, 0.4) is 0 Å². The van der Waals surface area contributed by atoms with Crippen LogP contribution in [0.4, 0.5) is 0 Å². The summed E-state index contributed by atoms with van der Waals surface area (Å²) in [6, 6.07) is 5.59. The van der Waals surface area contributed by atoms with Gasteiger partial charge >= 0.3 is 5.97 Å². The zero-order chi connectivity index (χ0) is 13.2. The number of hydrogen-bond donors (Lipinski definition) is 0. The van der Waals surface area contributed by atoms with Crippen molar-refractivity contribution in [2.24, 2.45) is 0 Å². The summed E-state index contributed by atoms with van der Waals surface area (Å²) in [5.74, 6) is -0.310. The molecule has 3 heterocycles. The molecule has 100 valence electrons. The second-order valence-electron chi connectivity index (χ2n) is 4.28. The molecule has 0 aromatic carbocycles. The number of pyridine rings is 1. The predicted octanol–water partition coefficient (Wildman–Crippen LogP) is 2.16. The van der Waals surface area contributed by atoms with Gasteiger partial charge in [0.05, 0.1) is 30.9 Å². The Bertz CT molecular complexity index is 599. The summed E-state index contributed by atoms with van der Waals surface area (Å²) in [5.41, 5.74) is 2.27. The summed E-state index contributed by atoms with van der Waals surface area (Å²) in [7, 11) is 0. The first kappa shape index (κ1) is 12.2. The fourth-order valence-electron chi connectivity index (χ4n) is 2.19. The van der Waals surface area contributed by atoms with Crippen LogP contribution >= 0.6 is 0 Å². The van der Waals surface area contributed by atoms with Crippen LogP contribution in [0.5, 0.6) is 0 Å². The van der Waals surface area contributed by atoms with Gasteiger partial charge in [-0.15, -0.1) is 0 Å². The minimum absolute atomic E-state index is 0.310. The van der Waals surface area contributed by atoms with Crippen molar-refractivity contribution < 1.29 is 19.0 Å². The van der Waals surface area contributed by atoms with Crippen LogP contribution in [0.2, 0.25) is 0 Å². The second-order valence-corrected chi connectivity index (χ2v) is 4.28. The van der Waals surface area contributed by atoms with Crippen LogP contribution in [0.25, 0.3) is 5.52 Å². The highest BCUT2D eigenvalue weighted by Crippen LogP contribution is 2.25. The first-order chi connectivity index (χ1) is 9.29. The van der Waals surface area contributed by atoms with Gasteiger partial charge in [0.25, 0.3) is 0 Å². The minimum atomic E-state index is -0.338. The molecule has 0 amide bonds. The van der Waals surface area contributed by atoms with Gasteiger partial charge in [-0.25, -0.2) is 4.79 Å². The zero-order valence-corrected chi connectivity index (χ0v) is 10.7. The number of carbonyl (C=O) groups excluding carboxylic acids is 1. The second kappa shape index (κ2) is 5.03. The van der Waals surface area contributed by atoms with E-state index in [9.17, 15) is 4.79 Å². The maximum Gasteiger partial charge on any atom is 0.340 e. The van der Waals surface area contributed by atoms with E-state index in [0.29, 0.717) is 25.4 Å². The van der Waals surface area contributed by atoms with E-state index < -0.39 is 0 Å². The van der Waals surface area contributed by atoms with Crippen molar-refractivity contribution in [1.29, 1.82) is 0 Å². The summed E-state index contributed by atoms with van der Waals surface area (Å²) in [4.78, 5) is 11.9. The van der Waals surface area contributed by atoms with Gasteiger partial charge in [0.15, 0.2) is 6.29 Å². The van der Waals surface area contributed by atoms with E-state index in [1.165, 1.54) is 0 Å². The van der Waals surface area contributed by atoms with Crippen molar-refractivity contribution in [2.45, 2.75) is 13.2 Å². The molecule has 19 heavy (non-hydrogen) atoms. The lowest BCUT2D eigenvalue weighted by Gasteiger charge is -2.10. The molecule has 1 fully saturated rings. The van der Waals surface area contributed by atoms with Gasteiger partial charge in [-0.1, -0.05) is 0 Å². The molecule has 1 aliphatic heterocycles. The SMILES string of the molecule is CCOC(=O)c1ccn2ccc(C3OCCO3)cc12. The lowest BCUT2D eigenvalue weighted by molar-refractivity contribution is -0.0441. The molecular weight excluding hydrogens is 246 g/mol. The molecule has 0 saturated carbocycles. The Morgan fingerprint density at radius 2 is 2.11 bits per heavy atom. The first-order valence-corrected chi connectivity index (χ1v) is 6.30. The van der Waals surface area contributed by atoms with Gasteiger partial charge < -0.3 is 18.6 Å². The molecule has 5 heteroatoms. The summed E-state index contributed by atoms with van der Waals surface area (Å²) in [6.45, 7) is 3.36. The van der Waals surface area contributed by atoms with Gasteiger partial charge in [0.1, 0.15) is 0 Å². The third-order valence-corrected chi connectivity index (χ3v) is 3.08. The average molecular weight is 261 g/mol. The number of carbonyl (C=O) groups is 1. The first-order valence-electron chi connectivity index (χ1n) is 6.30. The Morgan fingerprint density at radius 3 is 2.84 bits per heavy atom. The number of esters is 1. The summed E-state index contributed by atoms with van der Waals surface area (Å²) in [5, 5.41) is 0. The highest BCUT2D eigenvalue weighted by Gasteiger charge is 2.20. The lowest BCUT2D eigenvalue weighted by atomic mass is 10.2. The highest BCUT2D eigenvalue weighted by atomic mass is 16.7. The molecule has 0 unspecified atom stereocenters. The van der Waals surface area contributed by atoms with Gasteiger partial charge in [-0.3, -0.25) is 0 Å². The number of rotatable bonds is 3. The lowest BCUT2D eigenvalue weighted by Crippen LogP contribution is -2.05. The molecule has 0 spiro atoms. The number of hydrogen-bond acceptors (Lipinski definition) is 4. The van der Waals surface area contributed by atoms with Crippen molar-refractivity contribution in [3.8, 4) is 0 Å². The van der Waals surface area contributed by atoms with E-state index in [4.69, 9.17) is 14.2 Å². The molecule has 0 N–H and O–H groups in total. The highest BCUT2D eigenvalue weighted by molar-refractivity contribution is 5.97. The molecule has 0 aliphatic carbocycles. The molecule has 0 bridgehead atoms. The topological polar surface area (TPSA) is 49.2 Å². The summed E-state index contributed by atoms with van der Waals surface area (Å²) >= 11 is 0. The molecule has 0 radical (unpaired) electrons. The third kappa shape index (κ3) is 2.22. The summed E-state index contributed by atoms with van der Waals surface area (Å²) in [6.07, 6.45) is 3.38. The Morgan fingerprint density at radius 1 is 1.37 bits per heavy atom. The number of aromatic nitrogens is 1. The van der Waals surface area contributed by atoms with Crippen LogP contribution in [0.15, 0.2) is 30.6 Å². The summed E-state index contributed by atoms with van der Waals surface area (Å²) < 4.78 is 17.9. The van der Waals surface area contributed by atoms with E-state index >= 15 is 0 Å². The van der Waals surface area contributed by atoms with Gasteiger partial charge in [0.2, 0.25) is 0 Å². The Kier molecular flexibility index (Phi) is 3.23. The van der Waals surface area contributed by atoms with Crippen LogP contribution in [-0.2, 0) is 14.2 Å². The number of ether oxygens (including phenoxy) is 3. The quantitative estimate of drug-likeness (QED) is 0.794. The number of nitrogens with zero attached hydrogens (tertiary/aromatic N) is 1. The largest absolute Gasteiger partial charge is 0.462 e. The molecule has 5 nitrogen and oxygen atoms in total. The zero-order valence-electron chi connectivity index (χ0n) is 10.7. The van der Waals surface area contributed by atoms with Crippen LogP contribution in [-0.4, -0.2) is 30.2 Å². The van der Waals surface area contributed by atoms with Gasteiger partial charge in [-0.05, 0) is 25.1 Å². The fraction of sp³-hybridized carbons (Fsp3) is 0.357. The van der Waals surface area contributed by atoms with Crippen molar-refractivity contribution in [2.75, 3.05) is 19.8 Å². The Balaban J connectivity index is 2.00. The Hall–Kier alpha value is -1.85. The molecule has 2 aromatic heterocycles. The van der Waals surface area contributed by atoms with Crippen molar-refractivity contribution in [3.63, 3.8) is 0 Å². The van der Waals surface area contributed by atoms with E-state index in [1.807, 2.05) is 28.9 Å². The molecule has 2 aromatic rings. The standard InChI is InChI=1S/C14H15NO4/c1-2-17-13(16)11-4-6-15-5-3-10(9-12(11)15)14-18-7-8-19-14/h3-6,9,14H,2,7-8H2,1H3.